The van der Waals surface area contributed by atoms with E-state index in [4.69, 9.17) is 14.2 Å². The zero-order chi connectivity index (χ0) is 54.3. The quantitative estimate of drug-likeness (QED) is 0.0261. The Kier molecular flexibility index (Phi) is 60.7. The van der Waals surface area contributed by atoms with Crippen LogP contribution in [0, 0.1) is 0 Å². The Bertz CT molecular complexity index is 1390. The highest BCUT2D eigenvalue weighted by molar-refractivity contribution is 5.71. The Balaban J connectivity index is 3.99. The molecule has 0 heterocycles. The van der Waals surface area contributed by atoms with Crippen LogP contribution in [0.5, 0.6) is 0 Å². The lowest BCUT2D eigenvalue weighted by atomic mass is 10.0. The molecule has 0 amide bonds. The van der Waals surface area contributed by atoms with Crippen molar-refractivity contribution >= 4 is 17.9 Å². The molecular formula is C69H122O6. The maximum Gasteiger partial charge on any atom is 0.306 e. The van der Waals surface area contributed by atoms with Crippen molar-refractivity contribution in [1.82, 2.24) is 0 Å². The number of allylic oxidation sites excluding steroid dienone is 12. The second kappa shape index (κ2) is 63.4. The number of hydrogen-bond acceptors (Lipinski definition) is 6. The molecule has 0 aromatic rings. The van der Waals surface area contributed by atoms with Gasteiger partial charge in [-0.1, -0.05) is 293 Å². The average molecular weight is 1050 g/mol. The summed E-state index contributed by atoms with van der Waals surface area (Å²) >= 11 is 0. The molecule has 0 aliphatic rings. The minimum atomic E-state index is -0.772. The Morgan fingerprint density at radius 1 is 0.280 bits per heavy atom. The molecule has 434 valence electrons. The molecule has 0 aromatic heterocycles. The molecule has 0 fully saturated rings. The molecule has 0 radical (unpaired) electrons. The minimum Gasteiger partial charge on any atom is -0.462 e. The number of carbonyl (C=O) groups excluding carboxylic acids is 3. The molecule has 1 atom stereocenters. The smallest absolute Gasteiger partial charge is 0.306 e. The van der Waals surface area contributed by atoms with Crippen LogP contribution in [-0.2, 0) is 28.6 Å². The van der Waals surface area contributed by atoms with E-state index < -0.39 is 6.10 Å². The van der Waals surface area contributed by atoms with Crippen molar-refractivity contribution in [3.63, 3.8) is 0 Å². The molecule has 0 aromatic carbocycles. The first-order valence-corrected chi connectivity index (χ1v) is 32.4. The van der Waals surface area contributed by atoms with Gasteiger partial charge >= 0.3 is 17.9 Å². The van der Waals surface area contributed by atoms with Gasteiger partial charge in [0.2, 0.25) is 0 Å². The van der Waals surface area contributed by atoms with Crippen molar-refractivity contribution in [2.24, 2.45) is 0 Å². The summed E-state index contributed by atoms with van der Waals surface area (Å²) in [5, 5.41) is 0. The molecule has 0 spiro atoms. The van der Waals surface area contributed by atoms with E-state index in [-0.39, 0.29) is 31.1 Å². The van der Waals surface area contributed by atoms with E-state index >= 15 is 0 Å². The molecule has 6 nitrogen and oxygen atoms in total. The van der Waals surface area contributed by atoms with Crippen LogP contribution in [0.4, 0.5) is 0 Å². The van der Waals surface area contributed by atoms with E-state index in [1.807, 2.05) is 0 Å². The number of carbonyl (C=O) groups is 3. The van der Waals surface area contributed by atoms with Crippen LogP contribution in [0.25, 0.3) is 0 Å². The van der Waals surface area contributed by atoms with Crippen LogP contribution in [0.15, 0.2) is 72.9 Å². The zero-order valence-corrected chi connectivity index (χ0v) is 49.8. The van der Waals surface area contributed by atoms with E-state index in [9.17, 15) is 14.4 Å². The lowest BCUT2D eigenvalue weighted by Crippen LogP contribution is -2.30. The largest absolute Gasteiger partial charge is 0.462 e. The molecule has 75 heavy (non-hydrogen) atoms. The summed E-state index contributed by atoms with van der Waals surface area (Å²) in [6.07, 6.45) is 82.4. The first kappa shape index (κ1) is 71.8. The van der Waals surface area contributed by atoms with Gasteiger partial charge in [-0.25, -0.2) is 0 Å². The second-order valence-corrected chi connectivity index (χ2v) is 21.6. The van der Waals surface area contributed by atoms with Crippen LogP contribution in [-0.4, -0.2) is 37.2 Å². The van der Waals surface area contributed by atoms with Gasteiger partial charge in [0, 0.05) is 19.3 Å². The Labute approximate surface area is 465 Å². The Morgan fingerprint density at radius 2 is 0.520 bits per heavy atom. The highest BCUT2D eigenvalue weighted by Gasteiger charge is 2.19. The van der Waals surface area contributed by atoms with E-state index in [1.165, 1.54) is 199 Å². The van der Waals surface area contributed by atoms with Crippen molar-refractivity contribution in [3.8, 4) is 0 Å². The molecule has 6 heteroatoms. The van der Waals surface area contributed by atoms with Crippen molar-refractivity contribution in [3.05, 3.63) is 72.9 Å². The summed E-state index contributed by atoms with van der Waals surface area (Å²) in [6.45, 7) is 6.50. The zero-order valence-electron chi connectivity index (χ0n) is 49.8. The number of rotatable bonds is 59. The van der Waals surface area contributed by atoms with Gasteiger partial charge in [0.15, 0.2) is 6.10 Å². The summed E-state index contributed by atoms with van der Waals surface area (Å²) in [5.41, 5.74) is 0. The highest BCUT2D eigenvalue weighted by atomic mass is 16.6. The topological polar surface area (TPSA) is 78.9 Å². The third-order valence-electron chi connectivity index (χ3n) is 14.2. The van der Waals surface area contributed by atoms with Crippen LogP contribution in [0.1, 0.15) is 329 Å². The van der Waals surface area contributed by atoms with Crippen LogP contribution in [0.3, 0.4) is 0 Å². The number of esters is 3. The van der Waals surface area contributed by atoms with Crippen LogP contribution >= 0.6 is 0 Å². The molecule has 0 N–H and O–H groups in total. The van der Waals surface area contributed by atoms with Gasteiger partial charge in [0.05, 0.1) is 0 Å². The lowest BCUT2D eigenvalue weighted by Gasteiger charge is -2.18. The minimum absolute atomic E-state index is 0.0728. The molecule has 0 bridgehead atoms. The molecule has 0 aliphatic heterocycles. The van der Waals surface area contributed by atoms with E-state index in [2.05, 4.69) is 93.7 Å². The maximum absolute atomic E-state index is 12.8. The van der Waals surface area contributed by atoms with Gasteiger partial charge < -0.3 is 14.2 Å². The first-order valence-electron chi connectivity index (χ1n) is 32.4. The van der Waals surface area contributed by atoms with E-state index in [0.29, 0.717) is 19.3 Å². The SMILES string of the molecule is CC/C=C\C/C=C\C/C=C\C/C=C\C/C=C\CCCCCCCCCCCCCCCCCCCC(=O)OCC(COC(=O)CCCCCCCC)OC(=O)CCCCCCCCC/C=C\CCCCCCCCC. The molecule has 0 saturated carbocycles. The molecule has 0 saturated heterocycles. The van der Waals surface area contributed by atoms with Crippen LogP contribution < -0.4 is 0 Å². The number of unbranched alkanes of at least 4 members (excludes halogenated alkanes) is 36. The molecular weight excluding hydrogens is 925 g/mol. The van der Waals surface area contributed by atoms with Gasteiger partial charge in [0.25, 0.3) is 0 Å². The monoisotopic (exact) mass is 1050 g/mol. The standard InChI is InChI=1S/C69H122O6/c1-4-7-10-13-16-18-20-22-24-26-28-29-30-31-32-33-34-35-36-37-38-39-40-41-42-44-45-47-49-51-53-56-59-62-68(71)74-65-66(64-73-67(70)61-58-55-15-12-9-6-3)75-69(72)63-60-57-54-52-50-48-46-43-27-25-23-21-19-17-14-11-8-5-2/h7,10,16,18,22,24-25,27-29,31-32,66H,4-6,8-9,11-15,17,19-21,23,26,30,33-65H2,1-3H3/b10-7-,18-16-,24-22-,27-25-,29-28-,32-31-. The maximum atomic E-state index is 12.8. The molecule has 0 aliphatic carbocycles. The number of hydrogen-bond donors (Lipinski definition) is 0. The fourth-order valence-corrected chi connectivity index (χ4v) is 9.35. The summed E-state index contributed by atoms with van der Waals surface area (Å²) in [7, 11) is 0. The predicted octanol–water partition coefficient (Wildman–Crippen LogP) is 22.1. The number of ether oxygens (including phenoxy) is 3. The van der Waals surface area contributed by atoms with Crippen LogP contribution in [0.2, 0.25) is 0 Å². The van der Waals surface area contributed by atoms with Crippen molar-refractivity contribution < 1.29 is 28.6 Å². The summed E-state index contributed by atoms with van der Waals surface area (Å²) in [4.78, 5) is 38.0. The van der Waals surface area contributed by atoms with Crippen molar-refractivity contribution in [2.75, 3.05) is 13.2 Å². The average Bonchev–Trinajstić information content (AvgIpc) is 3.41. The fraction of sp³-hybridized carbons (Fsp3) is 0.783. The van der Waals surface area contributed by atoms with Gasteiger partial charge in [-0.15, -0.1) is 0 Å². The molecule has 0 rings (SSSR count). The van der Waals surface area contributed by atoms with Crippen molar-refractivity contribution in [1.29, 1.82) is 0 Å². The summed E-state index contributed by atoms with van der Waals surface area (Å²) in [6, 6.07) is 0. The predicted molar refractivity (Wildman–Crippen MR) is 325 cm³/mol. The summed E-state index contributed by atoms with van der Waals surface area (Å²) < 4.78 is 16.8. The van der Waals surface area contributed by atoms with Gasteiger partial charge in [-0.05, 0) is 89.9 Å². The first-order chi connectivity index (χ1) is 37.0. The normalized spacial score (nSPS) is 12.5. The lowest BCUT2D eigenvalue weighted by molar-refractivity contribution is -0.167. The second-order valence-electron chi connectivity index (χ2n) is 21.6. The third kappa shape index (κ3) is 61.6. The third-order valence-corrected chi connectivity index (χ3v) is 14.2. The fourth-order valence-electron chi connectivity index (χ4n) is 9.35. The van der Waals surface area contributed by atoms with Gasteiger partial charge in [-0.2, -0.15) is 0 Å². The Hall–Kier alpha value is -3.15. The van der Waals surface area contributed by atoms with E-state index in [1.54, 1.807) is 0 Å². The Morgan fingerprint density at radius 3 is 0.827 bits per heavy atom. The molecule has 1 unspecified atom stereocenters. The van der Waals surface area contributed by atoms with E-state index in [0.717, 1.165) is 89.9 Å². The highest BCUT2D eigenvalue weighted by Crippen LogP contribution is 2.17. The van der Waals surface area contributed by atoms with Gasteiger partial charge in [0.1, 0.15) is 13.2 Å². The van der Waals surface area contributed by atoms with Gasteiger partial charge in [-0.3, -0.25) is 14.4 Å². The van der Waals surface area contributed by atoms with Crippen molar-refractivity contribution in [2.45, 2.75) is 335 Å². The summed E-state index contributed by atoms with van der Waals surface area (Å²) in [5.74, 6) is -0.872.